The summed E-state index contributed by atoms with van der Waals surface area (Å²) >= 11 is 1.82. The number of oxazole rings is 1. The summed E-state index contributed by atoms with van der Waals surface area (Å²) in [6.07, 6.45) is 3.66. The molecule has 1 aromatic rings. The fourth-order valence-corrected chi connectivity index (χ4v) is 2.68. The molecule has 1 saturated heterocycles. The van der Waals surface area contributed by atoms with Gasteiger partial charge in [-0.1, -0.05) is 0 Å². The molecule has 2 heterocycles. The standard InChI is InChI=1S/C9H11NO3S/c11-8(12)4-6-5-13-9(10-6)7-2-1-3-14-7/h5,7H,1-4H2,(H,11,12). The van der Waals surface area contributed by atoms with Crippen molar-refractivity contribution in [2.75, 3.05) is 5.75 Å². The molecule has 2 rings (SSSR count). The lowest BCUT2D eigenvalue weighted by atomic mass is 10.2. The zero-order valence-corrected chi connectivity index (χ0v) is 8.42. The summed E-state index contributed by atoms with van der Waals surface area (Å²) in [6.45, 7) is 0. The molecule has 1 atom stereocenters. The maximum atomic E-state index is 10.4. The predicted octanol–water partition coefficient (Wildman–Crippen LogP) is 1.87. The van der Waals surface area contributed by atoms with Crippen LogP contribution in [0.4, 0.5) is 0 Å². The highest BCUT2D eigenvalue weighted by atomic mass is 32.2. The van der Waals surface area contributed by atoms with E-state index < -0.39 is 5.97 Å². The van der Waals surface area contributed by atoms with E-state index in [1.54, 1.807) is 0 Å². The molecule has 0 amide bonds. The van der Waals surface area contributed by atoms with Gasteiger partial charge in [0.25, 0.3) is 0 Å². The Morgan fingerprint density at radius 3 is 3.29 bits per heavy atom. The minimum atomic E-state index is -0.871. The summed E-state index contributed by atoms with van der Waals surface area (Å²) in [5.41, 5.74) is 0.514. The van der Waals surface area contributed by atoms with E-state index in [2.05, 4.69) is 4.98 Å². The van der Waals surface area contributed by atoms with Crippen LogP contribution in [-0.2, 0) is 11.2 Å². The minimum Gasteiger partial charge on any atom is -0.481 e. The van der Waals surface area contributed by atoms with Crippen LogP contribution in [0.2, 0.25) is 0 Å². The van der Waals surface area contributed by atoms with Crippen LogP contribution in [-0.4, -0.2) is 21.8 Å². The first kappa shape index (κ1) is 9.58. The second kappa shape index (κ2) is 4.04. The first-order chi connectivity index (χ1) is 6.75. The summed E-state index contributed by atoms with van der Waals surface area (Å²) in [4.78, 5) is 14.6. The third-order valence-electron chi connectivity index (χ3n) is 2.11. The molecule has 76 valence electrons. The second-order valence-electron chi connectivity index (χ2n) is 3.25. The largest absolute Gasteiger partial charge is 0.481 e. The Morgan fingerprint density at radius 1 is 1.79 bits per heavy atom. The van der Waals surface area contributed by atoms with Gasteiger partial charge in [-0.15, -0.1) is 11.8 Å². The molecule has 1 aliphatic rings. The maximum Gasteiger partial charge on any atom is 0.309 e. The summed E-state index contributed by atoms with van der Waals surface area (Å²) in [7, 11) is 0. The highest BCUT2D eigenvalue weighted by Crippen LogP contribution is 2.39. The van der Waals surface area contributed by atoms with E-state index in [4.69, 9.17) is 9.52 Å². The molecule has 14 heavy (non-hydrogen) atoms. The third kappa shape index (κ3) is 2.09. The lowest BCUT2D eigenvalue weighted by Crippen LogP contribution is -2.00. The van der Waals surface area contributed by atoms with Gasteiger partial charge in [0, 0.05) is 0 Å². The number of hydrogen-bond donors (Lipinski definition) is 1. The van der Waals surface area contributed by atoms with E-state index in [0.29, 0.717) is 16.8 Å². The molecule has 1 fully saturated rings. The van der Waals surface area contributed by atoms with Gasteiger partial charge < -0.3 is 9.52 Å². The van der Waals surface area contributed by atoms with Crippen molar-refractivity contribution in [3.05, 3.63) is 17.8 Å². The van der Waals surface area contributed by atoms with Crippen molar-refractivity contribution in [2.24, 2.45) is 0 Å². The van der Waals surface area contributed by atoms with Gasteiger partial charge in [-0.05, 0) is 18.6 Å². The predicted molar refractivity (Wildman–Crippen MR) is 52.3 cm³/mol. The summed E-state index contributed by atoms with van der Waals surface area (Å²) in [5, 5.41) is 8.89. The minimum absolute atomic E-state index is 0.0547. The van der Waals surface area contributed by atoms with E-state index in [1.165, 1.54) is 12.7 Å². The number of carboxylic acids is 1. The number of rotatable bonds is 3. The van der Waals surface area contributed by atoms with E-state index >= 15 is 0 Å². The molecule has 0 aliphatic carbocycles. The lowest BCUT2D eigenvalue weighted by Gasteiger charge is -2.00. The molecule has 4 nitrogen and oxygen atoms in total. The molecular formula is C9H11NO3S. The van der Waals surface area contributed by atoms with Crippen LogP contribution in [0.3, 0.4) is 0 Å². The smallest absolute Gasteiger partial charge is 0.309 e. The molecule has 1 aromatic heterocycles. The van der Waals surface area contributed by atoms with Crippen LogP contribution in [0.25, 0.3) is 0 Å². The third-order valence-corrected chi connectivity index (χ3v) is 3.47. The van der Waals surface area contributed by atoms with Crippen molar-refractivity contribution in [1.29, 1.82) is 0 Å². The van der Waals surface area contributed by atoms with Crippen LogP contribution >= 0.6 is 11.8 Å². The number of carbonyl (C=O) groups is 1. The van der Waals surface area contributed by atoms with Crippen LogP contribution < -0.4 is 0 Å². The number of thioether (sulfide) groups is 1. The van der Waals surface area contributed by atoms with E-state index in [-0.39, 0.29) is 6.42 Å². The monoisotopic (exact) mass is 213 g/mol. The summed E-state index contributed by atoms with van der Waals surface area (Å²) in [5.74, 6) is 0.953. The molecule has 1 aliphatic heterocycles. The normalized spacial score (nSPS) is 21.3. The average molecular weight is 213 g/mol. The number of nitrogens with zero attached hydrogens (tertiary/aromatic N) is 1. The van der Waals surface area contributed by atoms with Crippen molar-refractivity contribution in [1.82, 2.24) is 4.98 Å². The molecule has 1 N–H and O–H groups in total. The Morgan fingerprint density at radius 2 is 2.64 bits per heavy atom. The second-order valence-corrected chi connectivity index (χ2v) is 4.56. The Bertz CT molecular complexity index is 331. The molecular weight excluding hydrogens is 202 g/mol. The average Bonchev–Trinajstić information content (AvgIpc) is 2.69. The Balaban J connectivity index is 2.05. The van der Waals surface area contributed by atoms with Gasteiger partial charge >= 0.3 is 5.97 Å². The van der Waals surface area contributed by atoms with Crippen LogP contribution in [0, 0.1) is 0 Å². The Hall–Kier alpha value is -0.970. The molecule has 0 spiro atoms. The Kier molecular flexibility index (Phi) is 2.77. The van der Waals surface area contributed by atoms with Crippen LogP contribution in [0.1, 0.15) is 29.7 Å². The van der Waals surface area contributed by atoms with E-state index in [0.717, 1.165) is 12.2 Å². The summed E-state index contributed by atoms with van der Waals surface area (Å²) in [6, 6.07) is 0. The summed E-state index contributed by atoms with van der Waals surface area (Å²) < 4.78 is 5.25. The number of carboxylic acid groups (broad SMARTS) is 1. The SMILES string of the molecule is O=C(O)Cc1coc(C2CCCS2)n1. The first-order valence-corrected chi connectivity index (χ1v) is 5.58. The van der Waals surface area contributed by atoms with Crippen molar-refractivity contribution in [2.45, 2.75) is 24.5 Å². The molecule has 5 heteroatoms. The lowest BCUT2D eigenvalue weighted by molar-refractivity contribution is -0.136. The van der Waals surface area contributed by atoms with Gasteiger partial charge in [0.2, 0.25) is 5.89 Å². The van der Waals surface area contributed by atoms with Crippen LogP contribution in [0.5, 0.6) is 0 Å². The van der Waals surface area contributed by atoms with Gasteiger partial charge in [0.05, 0.1) is 17.4 Å². The van der Waals surface area contributed by atoms with Crippen molar-refractivity contribution in [3.63, 3.8) is 0 Å². The Labute approximate surface area is 85.7 Å². The molecule has 1 unspecified atom stereocenters. The number of aliphatic carboxylic acids is 1. The van der Waals surface area contributed by atoms with Gasteiger partial charge in [0.15, 0.2) is 0 Å². The molecule has 0 radical (unpaired) electrons. The van der Waals surface area contributed by atoms with Gasteiger partial charge in [-0.2, -0.15) is 0 Å². The molecule has 0 saturated carbocycles. The van der Waals surface area contributed by atoms with E-state index in [1.807, 2.05) is 11.8 Å². The quantitative estimate of drug-likeness (QED) is 0.830. The zero-order chi connectivity index (χ0) is 9.97. The fraction of sp³-hybridized carbons (Fsp3) is 0.556. The fourth-order valence-electron chi connectivity index (χ4n) is 1.48. The number of hydrogen-bond acceptors (Lipinski definition) is 4. The highest BCUT2D eigenvalue weighted by Gasteiger charge is 2.22. The van der Waals surface area contributed by atoms with Gasteiger partial charge in [0.1, 0.15) is 6.26 Å². The van der Waals surface area contributed by atoms with Gasteiger partial charge in [-0.25, -0.2) is 4.98 Å². The molecule has 0 aromatic carbocycles. The van der Waals surface area contributed by atoms with Gasteiger partial charge in [-0.3, -0.25) is 4.79 Å². The van der Waals surface area contributed by atoms with Crippen molar-refractivity contribution in [3.8, 4) is 0 Å². The van der Waals surface area contributed by atoms with Crippen molar-refractivity contribution < 1.29 is 14.3 Å². The van der Waals surface area contributed by atoms with Crippen molar-refractivity contribution >= 4 is 17.7 Å². The molecule has 0 bridgehead atoms. The topological polar surface area (TPSA) is 63.3 Å². The highest BCUT2D eigenvalue weighted by molar-refractivity contribution is 7.99. The zero-order valence-electron chi connectivity index (χ0n) is 7.60. The number of aromatic nitrogens is 1. The maximum absolute atomic E-state index is 10.4. The van der Waals surface area contributed by atoms with E-state index in [9.17, 15) is 4.79 Å². The van der Waals surface area contributed by atoms with Crippen LogP contribution in [0.15, 0.2) is 10.7 Å². The first-order valence-electron chi connectivity index (χ1n) is 4.53.